The van der Waals surface area contributed by atoms with Crippen LogP contribution in [-0.2, 0) is 9.53 Å². The molecule has 2 heterocycles. The maximum absolute atomic E-state index is 12.5. The number of carbonyl (C=O) groups is 1. The van der Waals surface area contributed by atoms with E-state index in [0.717, 1.165) is 12.1 Å². The first-order chi connectivity index (χ1) is 15.2. The number of aliphatic hydroxyl groups is 3. The molecule has 12 heteroatoms. The van der Waals surface area contributed by atoms with Gasteiger partial charge in [0.2, 0.25) is 12.0 Å². The summed E-state index contributed by atoms with van der Waals surface area (Å²) in [6, 6.07) is 10.8. The Bertz CT molecular complexity index is 1220. The minimum Gasteiger partial charge on any atom is -0.504 e. The zero-order valence-electron chi connectivity index (χ0n) is 16.7. The zero-order valence-corrected chi connectivity index (χ0v) is 16.7. The number of rotatable bonds is 4. The Kier molecular flexibility index (Phi) is 6.58. The fourth-order valence-electron chi connectivity index (χ4n) is 3.38. The number of aliphatic hydroxyl groups excluding tert-OH is 3. The minimum atomic E-state index is -1.94. The number of ether oxygens (including phenoxy) is 2. The second kappa shape index (κ2) is 9.05. The van der Waals surface area contributed by atoms with Gasteiger partial charge in [-0.2, -0.15) is 0 Å². The highest BCUT2D eigenvalue weighted by atomic mass is 16.7. The number of aromatic hydroxyl groups is 2. The largest absolute Gasteiger partial charge is 0.504 e. The van der Waals surface area contributed by atoms with Crippen LogP contribution in [0, 0.1) is 0 Å². The van der Waals surface area contributed by atoms with Crippen LogP contribution in [0.15, 0.2) is 51.7 Å². The van der Waals surface area contributed by atoms with E-state index in [2.05, 4.69) is 0 Å². The highest BCUT2D eigenvalue weighted by Crippen LogP contribution is 2.42. The molecule has 12 nitrogen and oxygen atoms in total. The summed E-state index contributed by atoms with van der Waals surface area (Å²) in [5.74, 6) is -3.76. The summed E-state index contributed by atoms with van der Waals surface area (Å²) in [5.41, 5.74) is -0.265. The highest BCUT2D eigenvalue weighted by Gasteiger charge is 2.48. The molecule has 0 bridgehead atoms. The average Bonchev–Trinajstić information content (AvgIpc) is 2.77. The normalized spacial score (nSPS) is 24.8. The van der Waals surface area contributed by atoms with Gasteiger partial charge in [-0.3, -0.25) is 4.79 Å². The molecule has 3 aromatic rings. The van der Waals surface area contributed by atoms with Crippen molar-refractivity contribution in [3.63, 3.8) is 0 Å². The van der Waals surface area contributed by atoms with E-state index >= 15 is 0 Å². The van der Waals surface area contributed by atoms with Crippen molar-refractivity contribution in [2.45, 2.75) is 30.7 Å². The monoisotopic (exact) mass is 464 g/mol. The molecule has 1 aliphatic rings. The van der Waals surface area contributed by atoms with Crippen molar-refractivity contribution >= 4 is 16.9 Å². The van der Waals surface area contributed by atoms with Crippen LogP contribution in [0.25, 0.3) is 22.3 Å². The van der Waals surface area contributed by atoms with Crippen LogP contribution in [0.1, 0.15) is 0 Å². The van der Waals surface area contributed by atoms with Gasteiger partial charge in [0.05, 0.1) is 0 Å². The van der Waals surface area contributed by atoms with Gasteiger partial charge in [0.25, 0.3) is 0 Å². The Hall–Kier alpha value is -3.68. The molecule has 0 saturated carbocycles. The van der Waals surface area contributed by atoms with Gasteiger partial charge >= 0.3 is 5.97 Å². The quantitative estimate of drug-likeness (QED) is 0.266. The highest BCUT2D eigenvalue weighted by molar-refractivity contribution is 5.89. The molecule has 176 valence electrons. The van der Waals surface area contributed by atoms with Crippen molar-refractivity contribution in [2.75, 3.05) is 0 Å². The van der Waals surface area contributed by atoms with Gasteiger partial charge in [-0.25, -0.2) is 4.79 Å². The number of hydrogen-bond acceptors (Lipinski definition) is 10. The van der Waals surface area contributed by atoms with E-state index in [1.54, 1.807) is 30.3 Å². The van der Waals surface area contributed by atoms with Gasteiger partial charge in [-0.15, -0.1) is 0 Å². The van der Waals surface area contributed by atoms with Gasteiger partial charge in [-0.1, -0.05) is 30.3 Å². The molecule has 0 spiro atoms. The summed E-state index contributed by atoms with van der Waals surface area (Å²) in [5, 5.41) is 59.2. The Morgan fingerprint density at radius 1 is 0.939 bits per heavy atom. The number of benzene rings is 2. The first-order valence-electron chi connectivity index (χ1n) is 9.36. The Labute approximate surface area is 184 Å². The molecule has 0 radical (unpaired) electrons. The van der Waals surface area contributed by atoms with Crippen molar-refractivity contribution in [1.82, 2.24) is 0 Å². The van der Waals surface area contributed by atoms with E-state index in [4.69, 9.17) is 19.0 Å². The SMILES string of the molecule is O.O=C(O)[C@H]1OC(Oc2cc3oc(-c4ccccc4)cc(=O)c3c(O)c2O)[C@H](O)[C@@H](O)[C@@H]1O. The number of carboxylic acid groups (broad SMARTS) is 1. The third-order valence-corrected chi connectivity index (χ3v) is 5.05. The van der Waals surface area contributed by atoms with Gasteiger partial charge < -0.3 is 50.0 Å². The van der Waals surface area contributed by atoms with Gasteiger partial charge in [0, 0.05) is 17.7 Å². The molecule has 1 aliphatic heterocycles. The standard InChI is InChI=1S/C21H18O11.H2O/c22-9-6-10(8-4-2-1-3-5-8)30-11-7-12(14(23)15(24)13(9)11)31-21-18(27)16(25)17(26)19(32-21)20(28)29;/h1-7,16-19,21,23-27H,(H,28,29);1H2/t16-,17-,18+,19-,21?;/m0./s1. The first-order valence-corrected chi connectivity index (χ1v) is 9.36. The molecule has 2 aromatic carbocycles. The Balaban J connectivity index is 0.00000306. The zero-order chi connectivity index (χ0) is 23.2. The van der Waals surface area contributed by atoms with E-state index in [9.17, 15) is 35.1 Å². The third-order valence-electron chi connectivity index (χ3n) is 5.05. The molecular weight excluding hydrogens is 444 g/mol. The van der Waals surface area contributed by atoms with Gasteiger partial charge in [0.1, 0.15) is 35.0 Å². The van der Waals surface area contributed by atoms with E-state index in [1.807, 2.05) is 0 Å². The third kappa shape index (κ3) is 4.20. The summed E-state index contributed by atoms with van der Waals surface area (Å²) >= 11 is 0. The summed E-state index contributed by atoms with van der Waals surface area (Å²) in [4.78, 5) is 23.8. The molecule has 8 N–H and O–H groups in total. The fraction of sp³-hybridized carbons (Fsp3) is 0.238. The number of carboxylic acids is 1. The molecule has 33 heavy (non-hydrogen) atoms. The summed E-state index contributed by atoms with van der Waals surface area (Å²) in [6.45, 7) is 0. The summed E-state index contributed by atoms with van der Waals surface area (Å²) in [7, 11) is 0. The molecule has 1 unspecified atom stereocenters. The summed E-state index contributed by atoms with van der Waals surface area (Å²) in [6.07, 6.45) is -9.56. The molecular formula is C21H20O12. The Morgan fingerprint density at radius 2 is 1.61 bits per heavy atom. The average molecular weight is 464 g/mol. The maximum atomic E-state index is 12.5. The van der Waals surface area contributed by atoms with E-state index in [0.29, 0.717) is 5.56 Å². The molecule has 5 atom stereocenters. The van der Waals surface area contributed by atoms with Crippen molar-refractivity contribution in [3.8, 4) is 28.6 Å². The second-order valence-corrected chi connectivity index (χ2v) is 7.14. The lowest BCUT2D eigenvalue weighted by Crippen LogP contribution is -2.61. The van der Waals surface area contributed by atoms with E-state index < -0.39 is 59.4 Å². The molecule has 1 aromatic heterocycles. The topological polar surface area (TPSA) is 219 Å². The lowest BCUT2D eigenvalue weighted by molar-refractivity contribution is -0.271. The number of phenolic OH excluding ortho intramolecular Hbond substituents is 2. The molecule has 4 rings (SSSR count). The van der Waals surface area contributed by atoms with E-state index in [-0.39, 0.29) is 22.2 Å². The second-order valence-electron chi connectivity index (χ2n) is 7.14. The number of phenols is 2. The molecule has 0 aliphatic carbocycles. The summed E-state index contributed by atoms with van der Waals surface area (Å²) < 4.78 is 16.0. The van der Waals surface area contributed by atoms with Crippen LogP contribution >= 0.6 is 0 Å². The Morgan fingerprint density at radius 3 is 2.24 bits per heavy atom. The molecule has 1 saturated heterocycles. The predicted molar refractivity (Wildman–Crippen MR) is 110 cm³/mol. The van der Waals surface area contributed by atoms with Crippen molar-refractivity contribution in [2.24, 2.45) is 0 Å². The first kappa shape index (κ1) is 24.0. The van der Waals surface area contributed by atoms with Crippen LogP contribution in [-0.4, -0.2) is 72.8 Å². The van der Waals surface area contributed by atoms with Crippen LogP contribution in [0.4, 0.5) is 0 Å². The fourth-order valence-corrected chi connectivity index (χ4v) is 3.38. The number of aliphatic carboxylic acids is 1. The van der Waals surface area contributed by atoms with Crippen molar-refractivity contribution in [3.05, 3.63) is 52.7 Å². The van der Waals surface area contributed by atoms with Crippen LogP contribution in [0.3, 0.4) is 0 Å². The number of fused-ring (bicyclic) bond motifs is 1. The van der Waals surface area contributed by atoms with E-state index in [1.165, 1.54) is 0 Å². The smallest absolute Gasteiger partial charge is 0.335 e. The van der Waals surface area contributed by atoms with Crippen LogP contribution in [0.2, 0.25) is 0 Å². The lowest BCUT2D eigenvalue weighted by atomic mass is 9.99. The molecule has 1 fully saturated rings. The lowest BCUT2D eigenvalue weighted by Gasteiger charge is -2.38. The van der Waals surface area contributed by atoms with Gasteiger partial charge in [0.15, 0.2) is 23.0 Å². The maximum Gasteiger partial charge on any atom is 0.335 e. The minimum absolute atomic E-state index is 0. The van der Waals surface area contributed by atoms with Crippen molar-refractivity contribution in [1.29, 1.82) is 0 Å². The number of hydrogen-bond donors (Lipinski definition) is 6. The van der Waals surface area contributed by atoms with Crippen LogP contribution in [0.5, 0.6) is 17.2 Å². The predicted octanol–water partition coefficient (Wildman–Crippen LogP) is -0.683. The van der Waals surface area contributed by atoms with Crippen molar-refractivity contribution < 1.29 is 54.8 Å². The van der Waals surface area contributed by atoms with Gasteiger partial charge in [-0.05, 0) is 0 Å². The molecule has 0 amide bonds. The van der Waals surface area contributed by atoms with Crippen LogP contribution < -0.4 is 10.2 Å².